The summed E-state index contributed by atoms with van der Waals surface area (Å²) in [4.78, 5) is 26.4. The fraction of sp³-hybridized carbons (Fsp3) is 0.0400. The van der Waals surface area contributed by atoms with E-state index in [9.17, 15) is 14.9 Å². The molecule has 4 rings (SSSR count). The predicted octanol–water partition coefficient (Wildman–Crippen LogP) is 4.67. The number of carbonyl (C=O) groups excluding carboxylic acids is 2. The second-order valence-corrected chi connectivity index (χ2v) is 7.94. The van der Waals surface area contributed by atoms with Gasteiger partial charge in [0.1, 0.15) is 11.6 Å². The molecule has 0 radical (unpaired) electrons. The number of hydrogen-bond donors (Lipinski definition) is 1. The number of carbonyl (C=O) groups is 2. The van der Waals surface area contributed by atoms with Crippen molar-refractivity contribution in [2.75, 3.05) is 11.9 Å². The summed E-state index contributed by atoms with van der Waals surface area (Å²) in [6.07, 6.45) is 4.29. The number of hydrogen-bond acceptors (Lipinski definition) is 6. The molecule has 0 aliphatic rings. The molecule has 0 saturated heterocycles. The van der Waals surface area contributed by atoms with E-state index in [2.05, 4.69) is 10.4 Å². The van der Waals surface area contributed by atoms with Crippen molar-refractivity contribution in [3.8, 4) is 22.2 Å². The smallest absolute Gasteiger partial charge is 0.331 e. The third-order valence-electron chi connectivity index (χ3n) is 4.56. The summed E-state index contributed by atoms with van der Waals surface area (Å²) in [6, 6.07) is 24.9. The Balaban J connectivity index is 1.34. The molecule has 2 heterocycles. The summed E-state index contributed by atoms with van der Waals surface area (Å²) in [5.74, 6) is -1.00. The molecule has 8 heteroatoms. The minimum absolute atomic E-state index is 0.199. The Labute approximate surface area is 194 Å². The van der Waals surface area contributed by atoms with Crippen LogP contribution in [0.1, 0.15) is 10.4 Å². The average molecular weight is 455 g/mol. The molecule has 0 bridgehead atoms. The summed E-state index contributed by atoms with van der Waals surface area (Å²) in [5, 5.41) is 16.1. The van der Waals surface area contributed by atoms with Gasteiger partial charge >= 0.3 is 5.97 Å². The molecule has 162 valence electrons. The van der Waals surface area contributed by atoms with E-state index in [4.69, 9.17) is 4.74 Å². The summed E-state index contributed by atoms with van der Waals surface area (Å²) in [5.41, 5.74) is 1.98. The molecule has 0 spiro atoms. The van der Waals surface area contributed by atoms with Gasteiger partial charge in [-0.1, -0.05) is 48.5 Å². The molecule has 1 N–H and O–H groups in total. The van der Waals surface area contributed by atoms with Crippen molar-refractivity contribution in [1.29, 1.82) is 5.26 Å². The number of nitrogens with zero attached hydrogens (tertiary/aromatic N) is 3. The Hall–Kier alpha value is -4.48. The van der Waals surface area contributed by atoms with Gasteiger partial charge in [0, 0.05) is 15.8 Å². The second-order valence-electron chi connectivity index (χ2n) is 6.82. The van der Waals surface area contributed by atoms with Gasteiger partial charge in [-0.25, -0.2) is 9.48 Å². The van der Waals surface area contributed by atoms with E-state index < -0.39 is 18.5 Å². The second kappa shape index (κ2) is 10.2. The Bertz CT molecular complexity index is 1330. The largest absolute Gasteiger partial charge is 0.452 e. The molecule has 1 amide bonds. The van der Waals surface area contributed by atoms with E-state index in [0.29, 0.717) is 5.69 Å². The highest BCUT2D eigenvalue weighted by Crippen LogP contribution is 2.28. The highest BCUT2D eigenvalue weighted by Gasteiger charge is 2.16. The molecule has 0 aliphatic carbocycles. The zero-order chi connectivity index (χ0) is 23.0. The van der Waals surface area contributed by atoms with Crippen LogP contribution in [0.5, 0.6) is 0 Å². The standard InChI is InChI=1S/C25H18N4O3S/c26-15-19-16-27-29(20-9-5-2-6-10-20)25(19)28-23(30)17-32-24(31)14-12-21-11-13-22(33-21)18-7-3-1-4-8-18/h1-14,16H,17H2,(H,28,30)/b14-12+. The molecule has 0 unspecified atom stereocenters. The van der Waals surface area contributed by atoms with E-state index in [-0.39, 0.29) is 11.4 Å². The van der Waals surface area contributed by atoms with Gasteiger partial charge in [0.05, 0.1) is 11.9 Å². The number of para-hydroxylation sites is 1. The van der Waals surface area contributed by atoms with Crippen LogP contribution in [0.15, 0.2) is 85.1 Å². The lowest BCUT2D eigenvalue weighted by molar-refractivity contribution is -0.142. The van der Waals surface area contributed by atoms with Crippen molar-refractivity contribution >= 4 is 35.1 Å². The Morgan fingerprint density at radius 3 is 2.52 bits per heavy atom. The lowest BCUT2D eigenvalue weighted by Crippen LogP contribution is -2.22. The molecule has 7 nitrogen and oxygen atoms in total. The number of anilines is 1. The van der Waals surface area contributed by atoms with Gasteiger partial charge in [0.15, 0.2) is 12.4 Å². The van der Waals surface area contributed by atoms with Crippen molar-refractivity contribution in [2.24, 2.45) is 0 Å². The SMILES string of the molecule is N#Cc1cnn(-c2ccccc2)c1NC(=O)COC(=O)/C=C/c1ccc(-c2ccccc2)s1. The number of nitrogens with one attached hydrogen (secondary N) is 1. The number of nitriles is 1. The van der Waals surface area contributed by atoms with Crippen LogP contribution in [0.2, 0.25) is 0 Å². The Morgan fingerprint density at radius 2 is 1.79 bits per heavy atom. The maximum Gasteiger partial charge on any atom is 0.331 e. The van der Waals surface area contributed by atoms with Crippen molar-refractivity contribution in [1.82, 2.24) is 9.78 Å². The van der Waals surface area contributed by atoms with Gasteiger partial charge in [0.25, 0.3) is 5.91 Å². The maximum atomic E-state index is 12.3. The zero-order valence-corrected chi connectivity index (χ0v) is 18.2. The van der Waals surface area contributed by atoms with Crippen LogP contribution < -0.4 is 5.32 Å². The predicted molar refractivity (Wildman–Crippen MR) is 127 cm³/mol. The van der Waals surface area contributed by atoms with Gasteiger partial charge in [-0.05, 0) is 35.9 Å². The number of aromatic nitrogens is 2. The highest BCUT2D eigenvalue weighted by atomic mass is 32.1. The molecule has 33 heavy (non-hydrogen) atoms. The lowest BCUT2D eigenvalue weighted by atomic mass is 10.2. The molecule has 4 aromatic rings. The first-order valence-electron chi connectivity index (χ1n) is 9.97. The van der Waals surface area contributed by atoms with Crippen LogP contribution in [0.4, 0.5) is 5.82 Å². The Morgan fingerprint density at radius 1 is 1.06 bits per heavy atom. The van der Waals surface area contributed by atoms with E-state index >= 15 is 0 Å². The van der Waals surface area contributed by atoms with E-state index in [1.165, 1.54) is 17.0 Å². The first-order chi connectivity index (χ1) is 16.1. The van der Waals surface area contributed by atoms with E-state index in [0.717, 1.165) is 15.3 Å². The van der Waals surface area contributed by atoms with Crippen LogP contribution in [0, 0.1) is 11.3 Å². The molecule has 0 aliphatic heterocycles. The fourth-order valence-corrected chi connectivity index (χ4v) is 3.93. The monoisotopic (exact) mass is 454 g/mol. The third-order valence-corrected chi connectivity index (χ3v) is 5.66. The van der Waals surface area contributed by atoms with Gasteiger partial charge < -0.3 is 10.1 Å². The number of ether oxygens (including phenoxy) is 1. The van der Waals surface area contributed by atoms with Crippen molar-refractivity contribution in [3.05, 3.63) is 95.5 Å². The minimum atomic E-state index is -0.642. The summed E-state index contributed by atoms with van der Waals surface area (Å²) in [7, 11) is 0. The van der Waals surface area contributed by atoms with Gasteiger partial charge in [-0.15, -0.1) is 11.3 Å². The quantitative estimate of drug-likeness (QED) is 0.323. The summed E-state index contributed by atoms with van der Waals surface area (Å²) < 4.78 is 6.48. The topological polar surface area (TPSA) is 97.0 Å². The van der Waals surface area contributed by atoms with E-state index in [1.807, 2.05) is 66.7 Å². The van der Waals surface area contributed by atoms with Gasteiger partial charge in [-0.3, -0.25) is 4.79 Å². The molecular weight excluding hydrogens is 436 g/mol. The molecule has 0 atom stereocenters. The van der Waals surface area contributed by atoms with Gasteiger partial charge in [0.2, 0.25) is 0 Å². The number of thiophene rings is 1. The average Bonchev–Trinajstić information content (AvgIpc) is 3.49. The summed E-state index contributed by atoms with van der Waals surface area (Å²) >= 11 is 1.54. The van der Waals surface area contributed by atoms with Crippen molar-refractivity contribution in [2.45, 2.75) is 0 Å². The fourth-order valence-electron chi connectivity index (χ4n) is 3.02. The molecular formula is C25H18N4O3S. The van der Waals surface area contributed by atoms with E-state index in [1.54, 1.807) is 29.5 Å². The lowest BCUT2D eigenvalue weighted by Gasteiger charge is -2.09. The maximum absolute atomic E-state index is 12.3. The van der Waals surface area contributed by atoms with Crippen molar-refractivity contribution < 1.29 is 14.3 Å². The van der Waals surface area contributed by atoms with Crippen molar-refractivity contribution in [3.63, 3.8) is 0 Å². The number of esters is 1. The molecule has 2 aromatic carbocycles. The number of benzene rings is 2. The third kappa shape index (κ3) is 5.42. The summed E-state index contributed by atoms with van der Waals surface area (Å²) in [6.45, 7) is -0.492. The first-order valence-corrected chi connectivity index (χ1v) is 10.8. The Kier molecular flexibility index (Phi) is 6.73. The molecule has 0 fully saturated rings. The van der Waals surface area contributed by atoms with Crippen LogP contribution >= 0.6 is 11.3 Å². The minimum Gasteiger partial charge on any atom is -0.452 e. The molecule has 2 aromatic heterocycles. The normalized spacial score (nSPS) is 10.6. The van der Waals surface area contributed by atoms with Crippen LogP contribution in [-0.4, -0.2) is 28.3 Å². The number of amides is 1. The zero-order valence-electron chi connectivity index (χ0n) is 17.3. The molecule has 0 saturated carbocycles. The first kappa shape index (κ1) is 21.7. The van der Waals surface area contributed by atoms with Crippen LogP contribution in [0.3, 0.4) is 0 Å². The highest BCUT2D eigenvalue weighted by molar-refractivity contribution is 7.16. The van der Waals surface area contributed by atoms with Gasteiger partial charge in [-0.2, -0.15) is 10.4 Å². The van der Waals surface area contributed by atoms with Crippen LogP contribution in [0.25, 0.3) is 22.2 Å². The van der Waals surface area contributed by atoms with Crippen LogP contribution in [-0.2, 0) is 14.3 Å². The number of rotatable bonds is 7.